The van der Waals surface area contributed by atoms with Crippen LogP contribution in [0.25, 0.3) is 0 Å². The Balaban J connectivity index is 5.17. The van der Waals surface area contributed by atoms with E-state index in [4.69, 9.17) is 5.11 Å². The lowest BCUT2D eigenvalue weighted by molar-refractivity contribution is -0.180. The van der Waals surface area contributed by atoms with Crippen molar-refractivity contribution in [3.63, 3.8) is 0 Å². The quantitative estimate of drug-likeness (QED) is 0.608. The summed E-state index contributed by atoms with van der Waals surface area (Å²) in [5.74, 6) is -7.94. The molecule has 0 atom stereocenters. The molecule has 88 valence electrons. The van der Waals surface area contributed by atoms with Gasteiger partial charge in [0.05, 0.1) is 0 Å². The first-order valence-corrected chi connectivity index (χ1v) is 3.21. The summed E-state index contributed by atoms with van der Waals surface area (Å²) in [4.78, 5) is 9.89. The van der Waals surface area contributed by atoms with E-state index >= 15 is 0 Å². The zero-order valence-corrected chi connectivity index (χ0v) is 6.71. The summed E-state index contributed by atoms with van der Waals surface area (Å²) in [5.41, 5.74) is -2.83. The van der Waals surface area contributed by atoms with Crippen LogP contribution in [0.5, 0.6) is 0 Å². The maximum atomic E-state index is 12.4. The summed E-state index contributed by atoms with van der Waals surface area (Å²) in [6.45, 7) is 0. The Morgan fingerprint density at radius 2 is 1.47 bits per heavy atom. The molecule has 0 saturated carbocycles. The average molecular weight is 240 g/mol. The summed E-state index contributed by atoms with van der Waals surface area (Å²) in [5, 5.41) is 7.89. The van der Waals surface area contributed by atoms with E-state index in [1.54, 1.807) is 0 Å². The Hall–Kier alpha value is -1.28. The monoisotopic (exact) mass is 240 g/mol. The van der Waals surface area contributed by atoms with E-state index in [9.17, 15) is 35.5 Å². The third-order valence-electron chi connectivity index (χ3n) is 1.19. The molecule has 0 radical (unpaired) electrons. The van der Waals surface area contributed by atoms with Gasteiger partial charge >= 0.3 is 12.1 Å². The van der Waals surface area contributed by atoms with Crippen LogP contribution in [-0.4, -0.2) is 23.2 Å². The highest BCUT2D eigenvalue weighted by atomic mass is 19.4. The Bertz CT molecular complexity index is 286. The SMILES string of the molecule is O=C(O)C(=C(F)F)C(F)(F)CC(F)(F)F. The highest BCUT2D eigenvalue weighted by Crippen LogP contribution is 2.38. The Morgan fingerprint density at radius 1 is 1.07 bits per heavy atom. The fourth-order valence-corrected chi connectivity index (χ4v) is 0.716. The van der Waals surface area contributed by atoms with Gasteiger partial charge < -0.3 is 5.11 Å². The number of aliphatic carboxylic acids is 1. The second-order valence-corrected chi connectivity index (χ2v) is 2.44. The van der Waals surface area contributed by atoms with Crippen molar-refractivity contribution in [3.05, 3.63) is 11.7 Å². The smallest absolute Gasteiger partial charge is 0.395 e. The molecule has 0 aliphatic rings. The topological polar surface area (TPSA) is 37.3 Å². The minimum Gasteiger partial charge on any atom is -0.478 e. The maximum Gasteiger partial charge on any atom is 0.395 e. The van der Waals surface area contributed by atoms with E-state index in [0.717, 1.165) is 0 Å². The van der Waals surface area contributed by atoms with Gasteiger partial charge in [-0.15, -0.1) is 0 Å². The molecular weight excluding hydrogens is 237 g/mol. The summed E-state index contributed by atoms with van der Waals surface area (Å²) in [6, 6.07) is 0. The predicted octanol–water partition coefficient (Wildman–Crippen LogP) is 2.81. The maximum absolute atomic E-state index is 12.4. The van der Waals surface area contributed by atoms with Crippen LogP contribution in [0.15, 0.2) is 11.7 Å². The van der Waals surface area contributed by atoms with Crippen LogP contribution >= 0.6 is 0 Å². The molecule has 0 bridgehead atoms. The van der Waals surface area contributed by atoms with Crippen LogP contribution in [0.2, 0.25) is 0 Å². The van der Waals surface area contributed by atoms with Crippen LogP contribution in [0.4, 0.5) is 30.7 Å². The minimum atomic E-state index is -5.44. The lowest BCUT2D eigenvalue weighted by Gasteiger charge is -2.17. The second kappa shape index (κ2) is 4.07. The van der Waals surface area contributed by atoms with Crippen LogP contribution in [-0.2, 0) is 4.79 Å². The van der Waals surface area contributed by atoms with Gasteiger partial charge in [-0.3, -0.25) is 0 Å². The Kier molecular flexibility index (Phi) is 3.72. The van der Waals surface area contributed by atoms with Gasteiger partial charge in [0, 0.05) is 0 Å². The molecule has 0 aromatic rings. The van der Waals surface area contributed by atoms with Crippen molar-refractivity contribution in [2.75, 3.05) is 0 Å². The van der Waals surface area contributed by atoms with Crippen LogP contribution in [0, 0.1) is 0 Å². The largest absolute Gasteiger partial charge is 0.478 e. The summed E-state index contributed by atoms with van der Waals surface area (Å²) < 4.78 is 82.7. The zero-order valence-electron chi connectivity index (χ0n) is 6.71. The average Bonchev–Trinajstić information content (AvgIpc) is 1.74. The van der Waals surface area contributed by atoms with Gasteiger partial charge in [0.2, 0.25) is 0 Å². The molecule has 0 aliphatic heterocycles. The standard InChI is InChI=1S/C6H3F7O2/c7-3(8)2(4(14)15)5(9,10)1-6(11,12)13/h1H2,(H,14,15). The molecule has 0 aliphatic carbocycles. The van der Waals surface area contributed by atoms with Gasteiger partial charge in [0.1, 0.15) is 6.42 Å². The highest BCUT2D eigenvalue weighted by molar-refractivity contribution is 5.88. The molecule has 0 amide bonds. The van der Waals surface area contributed by atoms with E-state index in [2.05, 4.69) is 0 Å². The van der Waals surface area contributed by atoms with E-state index in [-0.39, 0.29) is 0 Å². The van der Waals surface area contributed by atoms with Crippen LogP contribution in [0.3, 0.4) is 0 Å². The molecule has 2 nitrogen and oxygen atoms in total. The second-order valence-electron chi connectivity index (χ2n) is 2.44. The molecule has 0 aromatic heterocycles. The van der Waals surface area contributed by atoms with Crippen molar-refractivity contribution in [3.8, 4) is 0 Å². The summed E-state index contributed by atoms with van der Waals surface area (Å²) in [7, 11) is 0. The van der Waals surface area contributed by atoms with Crippen molar-refractivity contribution in [2.45, 2.75) is 18.5 Å². The van der Waals surface area contributed by atoms with Crippen molar-refractivity contribution in [1.82, 2.24) is 0 Å². The highest BCUT2D eigenvalue weighted by Gasteiger charge is 2.50. The number of hydrogen-bond acceptors (Lipinski definition) is 1. The number of alkyl halides is 5. The van der Waals surface area contributed by atoms with Crippen molar-refractivity contribution in [1.29, 1.82) is 0 Å². The van der Waals surface area contributed by atoms with Gasteiger partial charge in [0.15, 0.2) is 5.57 Å². The molecular formula is C6H3F7O2. The first-order chi connectivity index (χ1) is 6.47. The number of carbonyl (C=O) groups is 1. The summed E-state index contributed by atoms with van der Waals surface area (Å²) >= 11 is 0. The first kappa shape index (κ1) is 13.7. The van der Waals surface area contributed by atoms with Crippen molar-refractivity contribution >= 4 is 5.97 Å². The van der Waals surface area contributed by atoms with Gasteiger partial charge in [-0.25, -0.2) is 13.6 Å². The Morgan fingerprint density at radius 3 is 1.67 bits per heavy atom. The number of hydrogen-bond donors (Lipinski definition) is 1. The number of carboxylic acid groups (broad SMARTS) is 1. The Labute approximate surface area is 78.0 Å². The number of carboxylic acids is 1. The zero-order chi connectivity index (χ0) is 12.4. The van der Waals surface area contributed by atoms with Gasteiger partial charge in [-0.2, -0.15) is 22.0 Å². The third-order valence-corrected chi connectivity index (χ3v) is 1.19. The molecule has 0 aromatic carbocycles. The van der Waals surface area contributed by atoms with Crippen molar-refractivity contribution in [2.24, 2.45) is 0 Å². The third kappa shape index (κ3) is 4.17. The molecule has 0 heterocycles. The molecule has 15 heavy (non-hydrogen) atoms. The predicted molar refractivity (Wildman–Crippen MR) is 32.5 cm³/mol. The van der Waals surface area contributed by atoms with Crippen molar-refractivity contribution < 1.29 is 40.6 Å². The van der Waals surface area contributed by atoms with E-state index < -0.39 is 36.1 Å². The fraction of sp³-hybridized carbons (Fsp3) is 0.500. The summed E-state index contributed by atoms with van der Waals surface area (Å²) in [6.07, 6.45) is -11.7. The normalized spacial score (nSPS) is 12.5. The van der Waals surface area contributed by atoms with E-state index in [0.29, 0.717) is 0 Å². The van der Waals surface area contributed by atoms with Gasteiger partial charge in [-0.1, -0.05) is 0 Å². The van der Waals surface area contributed by atoms with Crippen LogP contribution in [0.1, 0.15) is 6.42 Å². The fourth-order valence-electron chi connectivity index (χ4n) is 0.716. The minimum absolute atomic E-state index is 2.79. The number of rotatable bonds is 3. The number of halogens is 7. The lowest BCUT2D eigenvalue weighted by atomic mass is 10.1. The van der Waals surface area contributed by atoms with Gasteiger partial charge in [0.25, 0.3) is 12.0 Å². The molecule has 1 N–H and O–H groups in total. The van der Waals surface area contributed by atoms with E-state index in [1.807, 2.05) is 0 Å². The lowest BCUT2D eigenvalue weighted by Crippen LogP contribution is -2.31. The molecule has 0 fully saturated rings. The van der Waals surface area contributed by atoms with E-state index in [1.165, 1.54) is 0 Å². The van der Waals surface area contributed by atoms with Gasteiger partial charge in [-0.05, 0) is 0 Å². The van der Waals surface area contributed by atoms with Crippen LogP contribution < -0.4 is 0 Å². The molecule has 9 heteroatoms. The molecule has 0 unspecified atom stereocenters. The first-order valence-electron chi connectivity index (χ1n) is 3.21. The molecule has 0 rings (SSSR count). The molecule has 0 spiro atoms. The molecule has 0 saturated heterocycles.